The second-order valence-electron chi connectivity index (χ2n) is 8.13. The van der Waals surface area contributed by atoms with E-state index >= 15 is 0 Å². The highest BCUT2D eigenvalue weighted by Crippen LogP contribution is 2.27. The van der Waals surface area contributed by atoms with Crippen molar-refractivity contribution in [3.63, 3.8) is 0 Å². The molecular weight excluding hydrogens is 376 g/mol. The molecule has 2 aliphatic heterocycles. The molecule has 0 radical (unpaired) electrons. The number of imide groups is 1. The number of hydrogen-bond donors (Lipinski definition) is 1. The maximum atomic E-state index is 12.5. The van der Waals surface area contributed by atoms with Gasteiger partial charge in [-0.15, -0.1) is 0 Å². The van der Waals surface area contributed by atoms with Crippen LogP contribution in [0.15, 0.2) is 18.2 Å². The molecule has 4 amide bonds. The molecule has 0 atom stereocenters. The van der Waals surface area contributed by atoms with E-state index in [0.717, 1.165) is 4.90 Å². The van der Waals surface area contributed by atoms with Gasteiger partial charge in [-0.25, -0.2) is 4.79 Å². The third-order valence-electron chi connectivity index (χ3n) is 4.86. The Labute approximate surface area is 169 Å². The number of amides is 4. The van der Waals surface area contributed by atoms with Gasteiger partial charge in [-0.2, -0.15) is 0 Å². The predicted molar refractivity (Wildman–Crippen MR) is 105 cm³/mol. The molecule has 1 fully saturated rings. The Bertz CT molecular complexity index is 853. The van der Waals surface area contributed by atoms with E-state index in [2.05, 4.69) is 0 Å². The molecule has 2 heterocycles. The van der Waals surface area contributed by atoms with Crippen LogP contribution in [0.5, 0.6) is 0 Å². The Hall–Kier alpha value is -3.10. The van der Waals surface area contributed by atoms with Crippen molar-refractivity contribution < 1.29 is 23.9 Å². The van der Waals surface area contributed by atoms with Gasteiger partial charge >= 0.3 is 6.09 Å². The van der Waals surface area contributed by atoms with Gasteiger partial charge in [-0.05, 0) is 32.9 Å². The summed E-state index contributed by atoms with van der Waals surface area (Å²) in [7, 11) is 0. The van der Waals surface area contributed by atoms with E-state index in [0.29, 0.717) is 26.2 Å². The van der Waals surface area contributed by atoms with Gasteiger partial charge in [-0.3, -0.25) is 19.3 Å². The van der Waals surface area contributed by atoms with Crippen molar-refractivity contribution in [2.24, 2.45) is 0 Å². The van der Waals surface area contributed by atoms with Gasteiger partial charge in [0.05, 0.1) is 11.1 Å². The summed E-state index contributed by atoms with van der Waals surface area (Å²) in [4.78, 5) is 53.8. The molecule has 29 heavy (non-hydrogen) atoms. The smallest absolute Gasteiger partial charge is 0.410 e. The van der Waals surface area contributed by atoms with Crippen molar-refractivity contribution in [3.05, 3.63) is 29.3 Å². The fraction of sp³-hybridized carbons (Fsp3) is 0.500. The first-order chi connectivity index (χ1) is 13.6. The summed E-state index contributed by atoms with van der Waals surface area (Å²) in [6, 6.07) is 4.75. The maximum absolute atomic E-state index is 12.5. The third-order valence-corrected chi connectivity index (χ3v) is 4.86. The van der Waals surface area contributed by atoms with Crippen molar-refractivity contribution in [3.8, 4) is 0 Å². The SMILES string of the molecule is CC(C)(C)OC(=O)N1CCN(C(=O)CCN2C(=O)c3cccc(N)c3C2=O)CC1. The monoisotopic (exact) mass is 402 g/mol. The normalized spacial score (nSPS) is 16.9. The van der Waals surface area contributed by atoms with E-state index < -0.39 is 23.5 Å². The lowest BCUT2D eigenvalue weighted by Crippen LogP contribution is -2.52. The van der Waals surface area contributed by atoms with Gasteiger partial charge in [0.25, 0.3) is 11.8 Å². The molecule has 156 valence electrons. The van der Waals surface area contributed by atoms with Crippen LogP contribution in [-0.2, 0) is 9.53 Å². The molecule has 1 aromatic carbocycles. The van der Waals surface area contributed by atoms with Gasteiger partial charge < -0.3 is 20.3 Å². The minimum Gasteiger partial charge on any atom is -0.444 e. The number of hydrogen-bond acceptors (Lipinski definition) is 6. The summed E-state index contributed by atoms with van der Waals surface area (Å²) < 4.78 is 5.34. The van der Waals surface area contributed by atoms with E-state index in [1.807, 2.05) is 0 Å². The average Bonchev–Trinajstić information content (AvgIpc) is 2.90. The first kappa shape index (κ1) is 20.6. The minimum atomic E-state index is -0.570. The number of nitrogens with zero attached hydrogens (tertiary/aromatic N) is 3. The van der Waals surface area contributed by atoms with Crippen molar-refractivity contribution in [1.82, 2.24) is 14.7 Å². The number of piperazine rings is 1. The van der Waals surface area contributed by atoms with Crippen LogP contribution < -0.4 is 5.73 Å². The largest absolute Gasteiger partial charge is 0.444 e. The molecule has 2 N–H and O–H groups in total. The zero-order chi connectivity index (χ0) is 21.3. The number of rotatable bonds is 3. The quantitative estimate of drug-likeness (QED) is 0.603. The lowest BCUT2D eigenvalue weighted by molar-refractivity contribution is -0.133. The van der Waals surface area contributed by atoms with Crippen LogP contribution in [0.2, 0.25) is 0 Å². The number of ether oxygens (including phenoxy) is 1. The lowest BCUT2D eigenvalue weighted by atomic mass is 10.1. The van der Waals surface area contributed by atoms with E-state index in [1.54, 1.807) is 48.8 Å². The van der Waals surface area contributed by atoms with E-state index in [4.69, 9.17) is 10.5 Å². The number of nitrogen functional groups attached to an aromatic ring is 1. The highest BCUT2D eigenvalue weighted by atomic mass is 16.6. The van der Waals surface area contributed by atoms with Gasteiger partial charge in [0.1, 0.15) is 5.60 Å². The van der Waals surface area contributed by atoms with Gasteiger partial charge in [0.15, 0.2) is 0 Å². The second kappa shape index (κ2) is 7.73. The van der Waals surface area contributed by atoms with Crippen LogP contribution in [-0.4, -0.2) is 76.8 Å². The number of nitrogens with two attached hydrogens (primary N) is 1. The first-order valence-electron chi connectivity index (χ1n) is 9.59. The summed E-state index contributed by atoms with van der Waals surface area (Å²) in [6.07, 6.45) is -0.370. The molecule has 3 rings (SSSR count). The van der Waals surface area contributed by atoms with Crippen molar-refractivity contribution in [2.75, 3.05) is 38.5 Å². The maximum Gasteiger partial charge on any atom is 0.410 e. The predicted octanol–water partition coefficient (Wildman–Crippen LogP) is 1.33. The highest BCUT2D eigenvalue weighted by Gasteiger charge is 2.37. The summed E-state index contributed by atoms with van der Waals surface area (Å²) in [6.45, 7) is 6.93. The van der Waals surface area contributed by atoms with E-state index in [-0.39, 0.29) is 35.7 Å². The Morgan fingerprint density at radius 3 is 2.24 bits per heavy atom. The topological polar surface area (TPSA) is 113 Å². The molecule has 1 saturated heterocycles. The number of anilines is 1. The van der Waals surface area contributed by atoms with Crippen LogP contribution in [0.1, 0.15) is 47.9 Å². The van der Waals surface area contributed by atoms with E-state index in [1.165, 1.54) is 0 Å². The number of fused-ring (bicyclic) bond motifs is 1. The third kappa shape index (κ3) is 4.33. The molecule has 0 unspecified atom stereocenters. The zero-order valence-corrected chi connectivity index (χ0v) is 16.9. The Morgan fingerprint density at radius 1 is 1.03 bits per heavy atom. The average molecular weight is 402 g/mol. The standard InChI is InChI=1S/C20H26N4O5/c1-20(2,3)29-19(28)23-11-9-22(10-12-23)15(25)7-8-24-17(26)13-5-4-6-14(21)16(13)18(24)27/h4-6H,7-12,21H2,1-3H3. The van der Waals surface area contributed by atoms with Crippen molar-refractivity contribution in [2.45, 2.75) is 32.8 Å². The molecule has 0 bridgehead atoms. The van der Waals surface area contributed by atoms with E-state index in [9.17, 15) is 19.2 Å². The molecule has 0 aliphatic carbocycles. The Kier molecular flexibility index (Phi) is 5.50. The second-order valence-corrected chi connectivity index (χ2v) is 8.13. The molecule has 9 heteroatoms. The molecular formula is C20H26N4O5. The molecule has 1 aromatic rings. The summed E-state index contributed by atoms with van der Waals surface area (Å²) in [5, 5.41) is 0. The van der Waals surface area contributed by atoms with Crippen molar-refractivity contribution in [1.29, 1.82) is 0 Å². The van der Waals surface area contributed by atoms with Crippen LogP contribution in [0.4, 0.5) is 10.5 Å². The molecule has 0 aromatic heterocycles. The molecule has 9 nitrogen and oxygen atoms in total. The molecule has 2 aliphatic rings. The van der Waals surface area contributed by atoms with Crippen LogP contribution in [0.25, 0.3) is 0 Å². The summed E-state index contributed by atoms with van der Waals surface area (Å²) in [5.74, 6) is -1.07. The van der Waals surface area contributed by atoms with Crippen LogP contribution in [0, 0.1) is 0 Å². The zero-order valence-electron chi connectivity index (χ0n) is 16.9. The molecule has 0 saturated carbocycles. The van der Waals surface area contributed by atoms with Gasteiger partial charge in [0.2, 0.25) is 5.91 Å². The van der Waals surface area contributed by atoms with Crippen LogP contribution in [0.3, 0.4) is 0 Å². The molecule has 0 spiro atoms. The van der Waals surface area contributed by atoms with Crippen LogP contribution >= 0.6 is 0 Å². The Balaban J connectivity index is 1.51. The first-order valence-corrected chi connectivity index (χ1v) is 9.59. The minimum absolute atomic E-state index is 0.00308. The van der Waals surface area contributed by atoms with Gasteiger partial charge in [0, 0.05) is 44.8 Å². The fourth-order valence-electron chi connectivity index (χ4n) is 3.39. The Morgan fingerprint density at radius 2 is 1.66 bits per heavy atom. The lowest BCUT2D eigenvalue weighted by Gasteiger charge is -2.35. The highest BCUT2D eigenvalue weighted by molar-refractivity contribution is 6.23. The summed E-state index contributed by atoms with van der Waals surface area (Å²) >= 11 is 0. The number of carbonyl (C=O) groups is 4. The number of benzene rings is 1. The number of carbonyl (C=O) groups excluding carboxylic acids is 4. The van der Waals surface area contributed by atoms with Gasteiger partial charge in [-0.1, -0.05) is 6.07 Å². The fourth-order valence-corrected chi connectivity index (χ4v) is 3.39. The van der Waals surface area contributed by atoms with Crippen molar-refractivity contribution >= 4 is 29.5 Å². The summed E-state index contributed by atoms with van der Waals surface area (Å²) in [5.41, 5.74) is 5.98.